The zero-order valence-corrected chi connectivity index (χ0v) is 40.9. The average molecular weight is 1030 g/mol. The highest BCUT2D eigenvalue weighted by molar-refractivity contribution is 6.32. The number of methoxy groups -OCH3 is 2. The fourth-order valence-electron chi connectivity index (χ4n) is 6.22. The Balaban J connectivity index is 1.26. The van der Waals surface area contributed by atoms with E-state index in [1.807, 2.05) is 0 Å². The van der Waals surface area contributed by atoms with E-state index >= 15 is 0 Å². The van der Waals surface area contributed by atoms with Gasteiger partial charge >= 0.3 is 0 Å². The molecule has 0 aliphatic carbocycles. The largest absolute Gasteiger partial charge is 0.497 e. The number of carbonyl (C=O) groups excluding carboxylic acids is 6. The second-order valence-electron chi connectivity index (χ2n) is 15.0. The predicted molar refractivity (Wildman–Crippen MR) is 265 cm³/mol. The number of amides is 4. The first kappa shape index (κ1) is 52.5. The van der Waals surface area contributed by atoms with Crippen LogP contribution in [0.3, 0.4) is 0 Å². The van der Waals surface area contributed by atoms with Gasteiger partial charge in [0.05, 0.1) is 36.3 Å². The van der Waals surface area contributed by atoms with Crippen LogP contribution in [0.1, 0.15) is 75.9 Å². The minimum atomic E-state index is -1.63. The van der Waals surface area contributed by atoms with E-state index in [-0.39, 0.29) is 60.6 Å². The number of nitrogens with zero attached hydrogens (tertiary/aromatic N) is 4. The summed E-state index contributed by atoms with van der Waals surface area (Å²) in [6.45, 7) is 5.86. The van der Waals surface area contributed by atoms with Crippen LogP contribution in [0, 0.1) is 0 Å². The lowest BCUT2D eigenvalue weighted by Gasteiger charge is -2.15. The minimum absolute atomic E-state index is 0.0779. The Morgan fingerprint density at radius 1 is 0.559 bits per heavy atom. The Labute approximate surface area is 416 Å². The Kier molecular flexibility index (Phi) is 18.6. The number of rotatable bonds is 19. The number of hydrogen-bond acceptors (Lipinski definition) is 12. The number of carbonyl (C=O) groups is 6. The van der Waals surface area contributed by atoms with Gasteiger partial charge in [0.15, 0.2) is 11.6 Å². The van der Waals surface area contributed by atoms with Gasteiger partial charge in [-0.2, -0.15) is 20.5 Å². The Morgan fingerprint density at radius 3 is 1.40 bits per heavy atom. The summed E-state index contributed by atoms with van der Waals surface area (Å²) in [5, 5.41) is 26.3. The fraction of sp³-hybridized carbons (Fsp3) is 0.234. The molecule has 0 aliphatic rings. The second-order valence-corrected chi connectivity index (χ2v) is 17.4. The molecule has 0 fully saturated rings. The van der Waals surface area contributed by atoms with Gasteiger partial charge in [-0.15, -0.1) is 34.8 Å². The minimum Gasteiger partial charge on any atom is -0.497 e. The lowest BCUT2D eigenvalue weighted by atomic mass is 10.1. The summed E-state index contributed by atoms with van der Waals surface area (Å²) in [6, 6.07) is 19.5. The van der Waals surface area contributed by atoms with Crippen molar-refractivity contribution in [1.82, 2.24) is 0 Å². The molecule has 5 aromatic rings. The molecule has 4 unspecified atom stereocenters. The van der Waals surface area contributed by atoms with Gasteiger partial charge in [0.25, 0.3) is 23.6 Å². The molecule has 0 heterocycles. The highest BCUT2D eigenvalue weighted by atomic mass is 35.5. The van der Waals surface area contributed by atoms with E-state index in [9.17, 15) is 28.8 Å². The number of Topliss-reactive ketones (excluding diaryl/α,β-unsaturated/α-hetero) is 2. The highest BCUT2D eigenvalue weighted by Gasteiger charge is 2.26. The first-order valence-corrected chi connectivity index (χ1v) is 22.5. The quantitative estimate of drug-likeness (QED) is 0.0353. The molecule has 354 valence electrons. The standard InChI is InChI=1S/C47H43Cl5N8O8/c1-23(49)27-11-35(20-39(16-27)67-5)54-44(63)29-9-32(51)18-37(13-29)57-59-42(25(3)61)46(65)53-34-7-8-41(31(15-34)22-48)56-47(66)43(26(4)62)60-58-38-14-30(10-33(52)19-38)45(64)55-36-12-28(24(2)50)17-40(21-36)68-6/h7-21,23-24,42-43H,22H2,1-6H3,(H,53,65)(H,54,63)(H,55,64)(H,56,66). The van der Waals surface area contributed by atoms with Crippen molar-refractivity contribution in [3.8, 4) is 11.5 Å². The van der Waals surface area contributed by atoms with Gasteiger partial charge in [0.2, 0.25) is 12.1 Å². The SMILES string of the molecule is COc1cc(NC(=O)c2cc(Cl)cc(N=NC(C(C)=O)C(=O)Nc3ccc(NC(=O)C(N=Nc4cc(Cl)cc(C(=O)Nc5cc(OC)cc(C(C)Cl)c5)c4)C(C)=O)c(CCl)c3)c2)cc(C(C)Cl)c1. The van der Waals surface area contributed by atoms with Gasteiger partial charge in [0.1, 0.15) is 11.5 Å². The monoisotopic (exact) mass is 1020 g/mol. The van der Waals surface area contributed by atoms with Gasteiger partial charge in [-0.25, -0.2) is 0 Å². The lowest BCUT2D eigenvalue weighted by molar-refractivity contribution is -0.127. The first-order valence-electron chi connectivity index (χ1n) is 20.3. The van der Waals surface area contributed by atoms with Crippen molar-refractivity contribution in [2.45, 2.75) is 56.4 Å². The third kappa shape index (κ3) is 14.5. The van der Waals surface area contributed by atoms with Gasteiger partial charge in [-0.3, -0.25) is 28.8 Å². The summed E-state index contributed by atoms with van der Waals surface area (Å²) in [7, 11) is 2.98. The lowest BCUT2D eigenvalue weighted by Crippen LogP contribution is -2.32. The number of alkyl halides is 3. The molecule has 5 aromatic carbocycles. The Bertz CT molecular complexity index is 2820. The third-order valence-corrected chi connectivity index (χ3v) is 10.9. The molecule has 0 aromatic heterocycles. The average Bonchev–Trinajstić information content (AvgIpc) is 3.28. The van der Waals surface area contributed by atoms with Crippen LogP contribution >= 0.6 is 58.0 Å². The van der Waals surface area contributed by atoms with E-state index in [1.165, 1.54) is 68.8 Å². The van der Waals surface area contributed by atoms with Crippen LogP contribution in [0.25, 0.3) is 0 Å². The van der Waals surface area contributed by atoms with E-state index < -0.39 is 47.3 Å². The van der Waals surface area contributed by atoms with E-state index in [2.05, 4.69) is 41.7 Å². The number of nitrogens with one attached hydrogen (secondary N) is 4. The van der Waals surface area contributed by atoms with Crippen molar-refractivity contribution in [1.29, 1.82) is 0 Å². The summed E-state index contributed by atoms with van der Waals surface area (Å²) in [5.41, 5.74) is 3.32. The fourth-order valence-corrected chi connectivity index (χ4v) is 7.15. The Hall–Kier alpha value is -6.43. The number of hydrogen-bond donors (Lipinski definition) is 4. The van der Waals surface area contributed by atoms with Gasteiger partial charge in [0, 0.05) is 61.9 Å². The topological polar surface area (TPSA) is 218 Å². The molecule has 0 saturated carbocycles. The molecule has 0 spiro atoms. The molecule has 16 nitrogen and oxygen atoms in total. The molecule has 21 heteroatoms. The molecule has 68 heavy (non-hydrogen) atoms. The summed E-state index contributed by atoms with van der Waals surface area (Å²) < 4.78 is 10.7. The maximum absolute atomic E-state index is 13.4. The van der Waals surface area contributed by atoms with Crippen LogP contribution in [0.15, 0.2) is 111 Å². The van der Waals surface area contributed by atoms with E-state index in [0.29, 0.717) is 34.0 Å². The molecule has 0 aliphatic heterocycles. The van der Waals surface area contributed by atoms with Crippen LogP contribution in [0.2, 0.25) is 10.0 Å². The zero-order valence-electron chi connectivity index (χ0n) is 37.1. The molecule has 4 amide bonds. The van der Waals surface area contributed by atoms with Crippen LogP contribution in [0.4, 0.5) is 34.1 Å². The predicted octanol–water partition coefficient (Wildman–Crippen LogP) is 12.2. The number of benzene rings is 5. The van der Waals surface area contributed by atoms with E-state index in [0.717, 1.165) is 19.4 Å². The smallest absolute Gasteiger partial charge is 0.258 e. The van der Waals surface area contributed by atoms with Crippen LogP contribution in [-0.2, 0) is 25.1 Å². The molecule has 5 rings (SSSR count). The van der Waals surface area contributed by atoms with Crippen molar-refractivity contribution in [2.75, 3.05) is 35.5 Å². The molecule has 0 bridgehead atoms. The normalized spacial score (nSPS) is 13.0. The molecule has 0 radical (unpaired) electrons. The van der Waals surface area contributed by atoms with Crippen LogP contribution in [-0.4, -0.2) is 61.5 Å². The number of ether oxygens (including phenoxy) is 2. The number of azo groups is 2. The van der Waals surface area contributed by atoms with Crippen molar-refractivity contribution in [3.05, 3.63) is 129 Å². The second kappa shape index (κ2) is 24.0. The molecular weight excluding hydrogens is 982 g/mol. The van der Waals surface area contributed by atoms with Crippen LogP contribution < -0.4 is 30.7 Å². The highest BCUT2D eigenvalue weighted by Crippen LogP contribution is 2.32. The summed E-state index contributed by atoms with van der Waals surface area (Å²) in [6.07, 6.45) is 0. The number of halogens is 5. The van der Waals surface area contributed by atoms with Crippen molar-refractivity contribution >= 4 is 127 Å². The van der Waals surface area contributed by atoms with Crippen molar-refractivity contribution in [2.24, 2.45) is 20.5 Å². The first-order chi connectivity index (χ1) is 32.3. The summed E-state index contributed by atoms with van der Waals surface area (Å²) in [4.78, 5) is 78.6. The van der Waals surface area contributed by atoms with Crippen LogP contribution in [0.5, 0.6) is 11.5 Å². The van der Waals surface area contributed by atoms with E-state index in [4.69, 9.17) is 67.5 Å². The summed E-state index contributed by atoms with van der Waals surface area (Å²) >= 11 is 31.4. The van der Waals surface area contributed by atoms with Crippen molar-refractivity contribution < 1.29 is 38.2 Å². The Morgan fingerprint density at radius 2 is 1.00 bits per heavy atom. The number of ketones is 2. The molecule has 4 atom stereocenters. The maximum atomic E-state index is 13.4. The third-order valence-electron chi connectivity index (χ3n) is 9.67. The van der Waals surface area contributed by atoms with Gasteiger partial charge < -0.3 is 30.7 Å². The summed E-state index contributed by atoms with van der Waals surface area (Å²) in [5.74, 6) is -3.30. The van der Waals surface area contributed by atoms with Crippen molar-refractivity contribution in [3.63, 3.8) is 0 Å². The van der Waals surface area contributed by atoms with Gasteiger partial charge in [-0.1, -0.05) is 23.2 Å². The zero-order chi connectivity index (χ0) is 49.8. The molecule has 0 saturated heterocycles. The maximum Gasteiger partial charge on any atom is 0.258 e. The van der Waals surface area contributed by atoms with E-state index in [1.54, 1.807) is 50.2 Å². The molecular formula is C47H43Cl5N8O8. The molecule has 4 N–H and O–H groups in total. The number of anilines is 4. The van der Waals surface area contributed by atoms with Gasteiger partial charge in [-0.05, 0) is 123 Å².